The highest BCUT2D eigenvalue weighted by Crippen LogP contribution is 2.13. The zero-order valence-electron chi connectivity index (χ0n) is 12.4. The first-order valence-corrected chi connectivity index (χ1v) is 7.24. The van der Waals surface area contributed by atoms with Crippen molar-refractivity contribution in [2.24, 2.45) is 5.73 Å². The zero-order chi connectivity index (χ0) is 15.1. The lowest BCUT2D eigenvalue weighted by atomic mass is 10.2. The van der Waals surface area contributed by atoms with Crippen LogP contribution < -0.4 is 5.73 Å². The Balaban J connectivity index is 2.09. The van der Waals surface area contributed by atoms with Gasteiger partial charge in [0, 0.05) is 25.5 Å². The van der Waals surface area contributed by atoms with E-state index in [0.717, 1.165) is 12.0 Å². The lowest BCUT2D eigenvalue weighted by molar-refractivity contribution is -0.135. The quantitative estimate of drug-likeness (QED) is 0.844. The van der Waals surface area contributed by atoms with Crippen LogP contribution in [0.3, 0.4) is 0 Å². The molecule has 0 aliphatic heterocycles. The van der Waals surface area contributed by atoms with Gasteiger partial charge in [-0.3, -0.25) is 9.48 Å². The molecule has 0 saturated carbocycles. The molecule has 5 heteroatoms. The van der Waals surface area contributed by atoms with Gasteiger partial charge in [0.15, 0.2) is 0 Å². The lowest BCUT2D eigenvalue weighted by Crippen LogP contribution is -2.37. The van der Waals surface area contributed by atoms with Crippen molar-refractivity contribution in [2.45, 2.75) is 25.9 Å². The molecule has 0 aliphatic carbocycles. The molecule has 0 fully saturated rings. The Bertz CT molecular complexity index is 539. The van der Waals surface area contributed by atoms with Crippen LogP contribution in [0.1, 0.15) is 24.9 Å². The molecule has 1 unspecified atom stereocenters. The fourth-order valence-electron chi connectivity index (χ4n) is 2.24. The van der Waals surface area contributed by atoms with E-state index in [9.17, 15) is 4.79 Å². The van der Waals surface area contributed by atoms with Crippen molar-refractivity contribution >= 4 is 5.91 Å². The number of benzene rings is 1. The molecule has 0 aliphatic rings. The maximum atomic E-state index is 12.7. The fraction of sp³-hybridized carbons (Fsp3) is 0.375. The van der Waals surface area contributed by atoms with Gasteiger partial charge in [0.05, 0.1) is 0 Å². The van der Waals surface area contributed by atoms with Crippen LogP contribution in [0, 0.1) is 0 Å². The predicted molar refractivity (Wildman–Crippen MR) is 82.5 cm³/mol. The lowest BCUT2D eigenvalue weighted by Gasteiger charge is -2.26. The van der Waals surface area contributed by atoms with Crippen LogP contribution in [0.5, 0.6) is 0 Å². The third-order valence-corrected chi connectivity index (χ3v) is 3.44. The van der Waals surface area contributed by atoms with Crippen molar-refractivity contribution < 1.29 is 4.79 Å². The summed E-state index contributed by atoms with van der Waals surface area (Å²) in [4.78, 5) is 14.5. The monoisotopic (exact) mass is 286 g/mol. The normalized spacial score (nSPS) is 12.1. The summed E-state index contributed by atoms with van der Waals surface area (Å²) < 4.78 is 1.68. The average Bonchev–Trinajstić information content (AvgIpc) is 3.05. The average molecular weight is 286 g/mol. The topological polar surface area (TPSA) is 64.2 Å². The van der Waals surface area contributed by atoms with Crippen molar-refractivity contribution in [1.29, 1.82) is 0 Å². The molecule has 1 aromatic carbocycles. The second-order valence-electron chi connectivity index (χ2n) is 5.05. The molecule has 0 spiro atoms. The van der Waals surface area contributed by atoms with Crippen LogP contribution in [0.15, 0.2) is 48.8 Å². The first-order chi connectivity index (χ1) is 10.2. The highest BCUT2D eigenvalue weighted by Gasteiger charge is 2.21. The van der Waals surface area contributed by atoms with E-state index in [0.29, 0.717) is 19.6 Å². The summed E-state index contributed by atoms with van der Waals surface area (Å²) in [5, 5.41) is 4.15. The van der Waals surface area contributed by atoms with Crippen LogP contribution in [-0.4, -0.2) is 33.7 Å². The fourth-order valence-corrected chi connectivity index (χ4v) is 2.24. The van der Waals surface area contributed by atoms with E-state index in [4.69, 9.17) is 5.73 Å². The molecule has 0 saturated heterocycles. The number of amides is 1. The van der Waals surface area contributed by atoms with Gasteiger partial charge >= 0.3 is 0 Å². The third kappa shape index (κ3) is 4.16. The van der Waals surface area contributed by atoms with Gasteiger partial charge in [-0.1, -0.05) is 30.3 Å². The van der Waals surface area contributed by atoms with Crippen molar-refractivity contribution in [3.8, 4) is 0 Å². The van der Waals surface area contributed by atoms with E-state index in [1.54, 1.807) is 10.9 Å². The third-order valence-electron chi connectivity index (χ3n) is 3.44. The van der Waals surface area contributed by atoms with Crippen molar-refractivity contribution in [3.63, 3.8) is 0 Å². The molecule has 1 aromatic heterocycles. The molecule has 2 aromatic rings. The maximum absolute atomic E-state index is 12.7. The van der Waals surface area contributed by atoms with Crippen LogP contribution in [-0.2, 0) is 11.3 Å². The molecule has 1 amide bonds. The smallest absolute Gasteiger partial charge is 0.247 e. The predicted octanol–water partition coefficient (Wildman–Crippen LogP) is 1.82. The van der Waals surface area contributed by atoms with Gasteiger partial charge in [-0.25, -0.2) is 0 Å². The number of carbonyl (C=O) groups excluding carboxylic acids is 1. The highest BCUT2D eigenvalue weighted by atomic mass is 16.2. The van der Waals surface area contributed by atoms with Crippen molar-refractivity contribution in [2.75, 3.05) is 13.1 Å². The maximum Gasteiger partial charge on any atom is 0.247 e. The summed E-state index contributed by atoms with van der Waals surface area (Å²) in [5.41, 5.74) is 6.71. The number of hydrogen-bond donors (Lipinski definition) is 1. The van der Waals surface area contributed by atoms with Gasteiger partial charge in [-0.15, -0.1) is 0 Å². The zero-order valence-corrected chi connectivity index (χ0v) is 12.4. The second-order valence-corrected chi connectivity index (χ2v) is 5.05. The Morgan fingerprint density at radius 2 is 2.10 bits per heavy atom. The number of nitrogens with zero attached hydrogens (tertiary/aromatic N) is 3. The van der Waals surface area contributed by atoms with Crippen molar-refractivity contribution in [3.05, 3.63) is 54.4 Å². The summed E-state index contributed by atoms with van der Waals surface area (Å²) in [6.45, 7) is 3.71. The molecule has 2 rings (SSSR count). The molecule has 2 N–H and O–H groups in total. The Morgan fingerprint density at radius 1 is 1.33 bits per heavy atom. The minimum Gasteiger partial charge on any atom is -0.336 e. The first kappa shape index (κ1) is 15.3. The molecule has 1 heterocycles. The molecule has 0 radical (unpaired) electrons. The Labute approximate surface area is 125 Å². The number of aromatic nitrogens is 2. The summed E-state index contributed by atoms with van der Waals surface area (Å²) >= 11 is 0. The number of rotatable bonds is 7. The van der Waals surface area contributed by atoms with E-state index in [2.05, 4.69) is 5.10 Å². The van der Waals surface area contributed by atoms with Crippen LogP contribution in [0.2, 0.25) is 0 Å². The Kier molecular flexibility index (Phi) is 5.51. The molecule has 21 heavy (non-hydrogen) atoms. The molecule has 5 nitrogen and oxygen atoms in total. The molecule has 112 valence electrons. The standard InChI is InChI=1S/C16H22N4O/c1-14(20-12-6-10-18-20)16(21)19(11-5-9-17)13-15-7-3-2-4-8-15/h2-4,6-8,10,12,14H,5,9,11,13,17H2,1H3. The molecule has 1 atom stereocenters. The SMILES string of the molecule is CC(C(=O)N(CCCN)Cc1ccccc1)n1cccn1. The van der Waals surface area contributed by atoms with Gasteiger partial charge in [0.2, 0.25) is 5.91 Å². The van der Waals surface area contributed by atoms with Gasteiger partial charge in [-0.2, -0.15) is 5.10 Å². The van der Waals surface area contributed by atoms with Gasteiger partial charge in [-0.05, 0) is 31.5 Å². The van der Waals surface area contributed by atoms with Crippen molar-refractivity contribution in [1.82, 2.24) is 14.7 Å². The highest BCUT2D eigenvalue weighted by molar-refractivity contribution is 5.80. The van der Waals surface area contributed by atoms with Crippen LogP contribution >= 0.6 is 0 Å². The Morgan fingerprint density at radius 3 is 2.71 bits per heavy atom. The summed E-state index contributed by atoms with van der Waals surface area (Å²) in [6.07, 6.45) is 4.29. The van der Waals surface area contributed by atoms with Gasteiger partial charge in [0.1, 0.15) is 6.04 Å². The summed E-state index contributed by atoms with van der Waals surface area (Å²) in [7, 11) is 0. The van der Waals surface area contributed by atoms with Gasteiger partial charge in [0.25, 0.3) is 0 Å². The number of carbonyl (C=O) groups is 1. The minimum absolute atomic E-state index is 0.0657. The molecule has 0 bridgehead atoms. The van der Waals surface area contributed by atoms with Gasteiger partial charge < -0.3 is 10.6 Å². The van der Waals surface area contributed by atoms with E-state index >= 15 is 0 Å². The van der Waals surface area contributed by atoms with Crippen LogP contribution in [0.4, 0.5) is 0 Å². The Hall–Kier alpha value is -2.14. The van der Waals surface area contributed by atoms with E-state index in [-0.39, 0.29) is 11.9 Å². The van der Waals surface area contributed by atoms with E-state index in [1.165, 1.54) is 0 Å². The van der Waals surface area contributed by atoms with E-state index < -0.39 is 0 Å². The second kappa shape index (κ2) is 7.59. The summed E-state index contributed by atoms with van der Waals surface area (Å²) in [5.74, 6) is 0.0657. The molecular formula is C16H22N4O. The molecular weight excluding hydrogens is 264 g/mol. The largest absolute Gasteiger partial charge is 0.336 e. The van der Waals surface area contributed by atoms with Crippen LogP contribution in [0.25, 0.3) is 0 Å². The van der Waals surface area contributed by atoms with E-state index in [1.807, 2.05) is 54.4 Å². The minimum atomic E-state index is -0.304. The first-order valence-electron chi connectivity index (χ1n) is 7.24. The summed E-state index contributed by atoms with van der Waals surface area (Å²) in [6, 6.07) is 11.5. The number of nitrogens with two attached hydrogens (primary N) is 1. The number of hydrogen-bond acceptors (Lipinski definition) is 3.